The van der Waals surface area contributed by atoms with Gasteiger partial charge in [-0.3, -0.25) is 4.79 Å². The first-order valence-electron chi connectivity index (χ1n) is 4.31. The van der Waals surface area contributed by atoms with Crippen molar-refractivity contribution in [2.75, 3.05) is 19.5 Å². The third kappa shape index (κ3) is 2.52. The van der Waals surface area contributed by atoms with Crippen molar-refractivity contribution in [3.63, 3.8) is 0 Å². The van der Waals surface area contributed by atoms with Gasteiger partial charge in [-0.15, -0.1) is 0 Å². The molecule has 1 rings (SSSR count). The molecule has 0 saturated heterocycles. The molecule has 0 radical (unpaired) electrons. The van der Waals surface area contributed by atoms with Crippen molar-refractivity contribution in [2.24, 2.45) is 0 Å². The molecule has 1 amide bonds. The maximum atomic E-state index is 10.8. The topological polar surface area (TPSA) is 67.8 Å². The Morgan fingerprint density at radius 3 is 2.07 bits per heavy atom. The standard InChI is InChI=1S/C10H13NO4/c1-6(12)11-7-4-8(14-2)10(13)9(5-7)15-3/h4-5,13H,1-3H3,(H,11,12). The molecule has 0 aliphatic heterocycles. The molecule has 82 valence electrons. The Bertz CT molecular complexity index is 351. The molecule has 0 unspecified atom stereocenters. The minimum Gasteiger partial charge on any atom is -0.502 e. The van der Waals surface area contributed by atoms with Crippen LogP contribution in [-0.4, -0.2) is 25.2 Å². The molecular weight excluding hydrogens is 198 g/mol. The fourth-order valence-electron chi connectivity index (χ4n) is 1.17. The van der Waals surface area contributed by atoms with Crippen molar-refractivity contribution in [1.29, 1.82) is 0 Å². The van der Waals surface area contributed by atoms with E-state index in [-0.39, 0.29) is 23.2 Å². The number of carbonyl (C=O) groups is 1. The van der Waals surface area contributed by atoms with Crippen molar-refractivity contribution in [3.05, 3.63) is 12.1 Å². The van der Waals surface area contributed by atoms with E-state index in [1.54, 1.807) is 0 Å². The highest BCUT2D eigenvalue weighted by Gasteiger charge is 2.11. The van der Waals surface area contributed by atoms with Crippen molar-refractivity contribution in [3.8, 4) is 17.2 Å². The largest absolute Gasteiger partial charge is 0.502 e. The Labute approximate surface area is 87.6 Å². The summed E-state index contributed by atoms with van der Waals surface area (Å²) in [5.74, 6) is 0.204. The molecule has 0 aliphatic carbocycles. The summed E-state index contributed by atoms with van der Waals surface area (Å²) in [6, 6.07) is 3.03. The number of carbonyl (C=O) groups excluding carboxylic acids is 1. The van der Waals surface area contributed by atoms with E-state index in [4.69, 9.17) is 9.47 Å². The van der Waals surface area contributed by atoms with Gasteiger partial charge in [0.2, 0.25) is 11.7 Å². The zero-order valence-electron chi connectivity index (χ0n) is 8.83. The van der Waals surface area contributed by atoms with Crippen LogP contribution in [-0.2, 0) is 4.79 Å². The molecule has 0 fully saturated rings. The second kappa shape index (κ2) is 4.54. The van der Waals surface area contributed by atoms with Gasteiger partial charge in [0.05, 0.1) is 14.2 Å². The predicted octanol–water partition coefficient (Wildman–Crippen LogP) is 1.37. The molecule has 0 heterocycles. The first kappa shape index (κ1) is 11.2. The van der Waals surface area contributed by atoms with Crippen LogP contribution in [0.25, 0.3) is 0 Å². The number of phenols is 1. The SMILES string of the molecule is COc1cc(NC(C)=O)cc(OC)c1O. The van der Waals surface area contributed by atoms with Crippen LogP contribution in [0.15, 0.2) is 12.1 Å². The third-order valence-corrected chi connectivity index (χ3v) is 1.80. The average Bonchev–Trinajstić information content (AvgIpc) is 2.19. The molecule has 1 aromatic carbocycles. The van der Waals surface area contributed by atoms with Gasteiger partial charge in [-0.2, -0.15) is 0 Å². The van der Waals surface area contributed by atoms with E-state index in [0.717, 1.165) is 0 Å². The van der Waals surface area contributed by atoms with Gasteiger partial charge in [0, 0.05) is 24.7 Å². The first-order valence-corrected chi connectivity index (χ1v) is 4.31. The molecular formula is C10H13NO4. The normalized spacial score (nSPS) is 9.53. The zero-order valence-corrected chi connectivity index (χ0v) is 8.83. The quantitative estimate of drug-likeness (QED) is 0.741. The van der Waals surface area contributed by atoms with E-state index in [9.17, 15) is 9.90 Å². The van der Waals surface area contributed by atoms with Gasteiger partial charge >= 0.3 is 0 Å². The van der Waals surface area contributed by atoms with E-state index >= 15 is 0 Å². The minimum atomic E-state index is -0.204. The fraction of sp³-hybridized carbons (Fsp3) is 0.300. The van der Waals surface area contributed by atoms with E-state index in [1.807, 2.05) is 0 Å². The highest BCUT2D eigenvalue weighted by Crippen LogP contribution is 2.38. The third-order valence-electron chi connectivity index (χ3n) is 1.80. The zero-order chi connectivity index (χ0) is 11.4. The molecule has 0 aromatic heterocycles. The van der Waals surface area contributed by atoms with Gasteiger partial charge in [-0.25, -0.2) is 0 Å². The number of hydrogen-bond acceptors (Lipinski definition) is 4. The molecule has 0 atom stereocenters. The van der Waals surface area contributed by atoms with Crippen molar-refractivity contribution < 1.29 is 19.4 Å². The van der Waals surface area contributed by atoms with E-state index in [0.29, 0.717) is 5.69 Å². The van der Waals surface area contributed by atoms with Crippen LogP contribution < -0.4 is 14.8 Å². The molecule has 5 nitrogen and oxygen atoms in total. The van der Waals surface area contributed by atoms with Crippen molar-refractivity contribution in [2.45, 2.75) is 6.92 Å². The first-order chi connectivity index (χ1) is 7.08. The summed E-state index contributed by atoms with van der Waals surface area (Å²) in [6.07, 6.45) is 0. The van der Waals surface area contributed by atoms with Crippen LogP contribution in [0.1, 0.15) is 6.92 Å². The van der Waals surface area contributed by atoms with Crippen LogP contribution in [0, 0.1) is 0 Å². The molecule has 0 bridgehead atoms. The highest BCUT2D eigenvalue weighted by atomic mass is 16.5. The summed E-state index contributed by atoms with van der Waals surface area (Å²) in [5.41, 5.74) is 0.508. The lowest BCUT2D eigenvalue weighted by Crippen LogP contribution is -2.06. The van der Waals surface area contributed by atoms with Crippen LogP contribution in [0.3, 0.4) is 0 Å². The van der Waals surface area contributed by atoms with Crippen molar-refractivity contribution in [1.82, 2.24) is 0 Å². The lowest BCUT2D eigenvalue weighted by Gasteiger charge is -2.11. The number of aromatic hydroxyl groups is 1. The highest BCUT2D eigenvalue weighted by molar-refractivity contribution is 5.89. The number of nitrogens with one attached hydrogen (secondary N) is 1. The molecule has 2 N–H and O–H groups in total. The molecule has 0 aliphatic rings. The smallest absolute Gasteiger partial charge is 0.221 e. The van der Waals surface area contributed by atoms with Gasteiger partial charge in [0.1, 0.15) is 0 Å². The maximum Gasteiger partial charge on any atom is 0.221 e. The number of anilines is 1. The molecule has 0 saturated carbocycles. The average molecular weight is 211 g/mol. The monoisotopic (exact) mass is 211 g/mol. The lowest BCUT2D eigenvalue weighted by molar-refractivity contribution is -0.114. The molecule has 15 heavy (non-hydrogen) atoms. The Morgan fingerprint density at radius 1 is 1.27 bits per heavy atom. The van der Waals surface area contributed by atoms with Gasteiger partial charge in [0.15, 0.2) is 11.5 Å². The van der Waals surface area contributed by atoms with Crippen LogP contribution in [0.5, 0.6) is 17.2 Å². The van der Waals surface area contributed by atoms with E-state index in [1.165, 1.54) is 33.3 Å². The Kier molecular flexibility index (Phi) is 3.38. The summed E-state index contributed by atoms with van der Waals surface area (Å²) in [6.45, 7) is 1.39. The van der Waals surface area contributed by atoms with Crippen LogP contribution in [0.2, 0.25) is 0 Å². The molecule has 5 heteroatoms. The summed E-state index contributed by atoms with van der Waals surface area (Å²) in [7, 11) is 2.85. The number of methoxy groups -OCH3 is 2. The Balaban J connectivity index is 3.14. The van der Waals surface area contributed by atoms with Gasteiger partial charge in [-0.1, -0.05) is 0 Å². The summed E-state index contributed by atoms with van der Waals surface area (Å²) in [4.78, 5) is 10.8. The fourth-order valence-corrected chi connectivity index (χ4v) is 1.17. The van der Waals surface area contributed by atoms with Gasteiger partial charge < -0.3 is 19.9 Å². The van der Waals surface area contributed by atoms with Gasteiger partial charge in [-0.05, 0) is 0 Å². The Morgan fingerprint density at radius 2 is 1.73 bits per heavy atom. The molecule has 1 aromatic rings. The van der Waals surface area contributed by atoms with Crippen molar-refractivity contribution >= 4 is 11.6 Å². The Hall–Kier alpha value is -1.91. The minimum absolute atomic E-state index is 0.0888. The number of hydrogen-bond donors (Lipinski definition) is 2. The number of phenolic OH excluding ortho intramolecular Hbond substituents is 1. The van der Waals surface area contributed by atoms with Gasteiger partial charge in [0.25, 0.3) is 0 Å². The molecule has 0 spiro atoms. The van der Waals surface area contributed by atoms with E-state index < -0.39 is 0 Å². The lowest BCUT2D eigenvalue weighted by atomic mass is 10.2. The maximum absolute atomic E-state index is 10.8. The number of rotatable bonds is 3. The predicted molar refractivity (Wildman–Crippen MR) is 55.5 cm³/mol. The van der Waals surface area contributed by atoms with E-state index in [2.05, 4.69) is 5.32 Å². The summed E-state index contributed by atoms with van der Waals surface area (Å²) in [5, 5.41) is 12.2. The number of ether oxygens (including phenoxy) is 2. The van der Waals surface area contributed by atoms with Crippen LogP contribution >= 0.6 is 0 Å². The second-order valence-corrected chi connectivity index (χ2v) is 2.91. The number of amides is 1. The second-order valence-electron chi connectivity index (χ2n) is 2.91. The van der Waals surface area contributed by atoms with Crippen LogP contribution in [0.4, 0.5) is 5.69 Å². The number of benzene rings is 1. The summed E-state index contributed by atoms with van der Waals surface area (Å²) >= 11 is 0. The summed E-state index contributed by atoms with van der Waals surface area (Å²) < 4.78 is 9.86.